The van der Waals surface area contributed by atoms with Crippen molar-refractivity contribution in [2.45, 2.75) is 31.7 Å². The van der Waals surface area contributed by atoms with Crippen LogP contribution in [0, 0.1) is 0 Å². The van der Waals surface area contributed by atoms with Crippen molar-refractivity contribution in [2.24, 2.45) is 0 Å². The Hall–Kier alpha value is -0.740. The minimum absolute atomic E-state index is 0.746. The highest BCUT2D eigenvalue weighted by atomic mass is 79.9. The minimum Gasteiger partial charge on any atom is -0.497 e. The topological polar surface area (TPSA) is 21.7 Å². The van der Waals surface area contributed by atoms with Crippen LogP contribution in [-0.4, -0.2) is 43.1 Å². The first-order valence-corrected chi connectivity index (χ1v) is 8.52. The molecule has 112 valence electrons. The third-order valence-electron chi connectivity index (χ3n) is 3.92. The molecule has 0 radical (unpaired) electrons. The third kappa shape index (κ3) is 4.67. The number of halogens is 1. The lowest BCUT2D eigenvalue weighted by Gasteiger charge is -2.27. The second kappa shape index (κ2) is 8.53. The molecule has 0 unspecified atom stereocenters. The predicted molar refractivity (Wildman–Crippen MR) is 86.1 cm³/mol. The Kier molecular flexibility index (Phi) is 6.67. The number of nitrogens with zero attached hydrogens (tertiary/aromatic N) is 1. The molecule has 0 atom stereocenters. The van der Waals surface area contributed by atoms with Crippen LogP contribution in [0.5, 0.6) is 11.5 Å². The average molecular weight is 342 g/mol. The van der Waals surface area contributed by atoms with E-state index in [0.29, 0.717) is 0 Å². The highest BCUT2D eigenvalue weighted by Gasteiger charge is 2.21. The Bertz CT molecular complexity index is 377. The van der Waals surface area contributed by atoms with E-state index in [1.807, 2.05) is 24.3 Å². The number of benzene rings is 1. The van der Waals surface area contributed by atoms with Crippen molar-refractivity contribution in [2.75, 3.05) is 32.1 Å². The molecule has 1 aromatic carbocycles. The fourth-order valence-corrected chi connectivity index (χ4v) is 3.26. The third-order valence-corrected chi connectivity index (χ3v) is 4.27. The molecule has 1 fully saturated rings. The van der Waals surface area contributed by atoms with Crippen molar-refractivity contribution in [3.05, 3.63) is 24.3 Å². The molecule has 2 rings (SSSR count). The summed E-state index contributed by atoms with van der Waals surface area (Å²) in [6.07, 6.45) is 5.44. The molecule has 4 heteroatoms. The Morgan fingerprint density at radius 3 is 2.35 bits per heavy atom. The van der Waals surface area contributed by atoms with Gasteiger partial charge in [-0.2, -0.15) is 0 Å². The van der Waals surface area contributed by atoms with Gasteiger partial charge in [-0.05, 0) is 37.1 Å². The van der Waals surface area contributed by atoms with Crippen LogP contribution in [0.15, 0.2) is 24.3 Å². The molecular weight excluding hydrogens is 318 g/mol. The monoisotopic (exact) mass is 341 g/mol. The Morgan fingerprint density at radius 2 is 1.75 bits per heavy atom. The van der Waals surface area contributed by atoms with Gasteiger partial charge in [-0.3, -0.25) is 4.90 Å². The molecule has 0 aliphatic heterocycles. The van der Waals surface area contributed by atoms with Crippen LogP contribution in [0.4, 0.5) is 0 Å². The minimum atomic E-state index is 0.746. The fraction of sp³-hybridized carbons (Fsp3) is 0.625. The van der Waals surface area contributed by atoms with E-state index in [4.69, 9.17) is 9.47 Å². The number of methoxy groups -OCH3 is 1. The van der Waals surface area contributed by atoms with Crippen molar-refractivity contribution in [3.8, 4) is 11.5 Å². The predicted octanol–water partition coefficient (Wildman–Crippen LogP) is 3.71. The van der Waals surface area contributed by atoms with Crippen molar-refractivity contribution in [3.63, 3.8) is 0 Å². The summed E-state index contributed by atoms with van der Waals surface area (Å²) in [6.45, 7) is 2.86. The van der Waals surface area contributed by atoms with E-state index in [1.54, 1.807) is 7.11 Å². The maximum atomic E-state index is 5.83. The van der Waals surface area contributed by atoms with E-state index in [2.05, 4.69) is 20.8 Å². The molecule has 3 nitrogen and oxygen atoms in total. The van der Waals surface area contributed by atoms with Crippen LogP contribution in [0.25, 0.3) is 0 Å². The van der Waals surface area contributed by atoms with Gasteiger partial charge in [-0.1, -0.05) is 28.8 Å². The molecule has 0 N–H and O–H groups in total. The van der Waals surface area contributed by atoms with Crippen LogP contribution in [0.3, 0.4) is 0 Å². The van der Waals surface area contributed by atoms with Crippen LogP contribution in [0.2, 0.25) is 0 Å². The average Bonchev–Trinajstić information content (AvgIpc) is 3.01. The van der Waals surface area contributed by atoms with E-state index in [9.17, 15) is 0 Å². The van der Waals surface area contributed by atoms with Crippen molar-refractivity contribution in [1.29, 1.82) is 0 Å². The molecule has 0 aromatic heterocycles. The van der Waals surface area contributed by atoms with Gasteiger partial charge in [-0.15, -0.1) is 0 Å². The first kappa shape index (κ1) is 15.6. The maximum Gasteiger partial charge on any atom is 0.119 e. The lowest BCUT2D eigenvalue weighted by molar-refractivity contribution is 0.169. The molecule has 1 saturated carbocycles. The lowest BCUT2D eigenvalue weighted by atomic mass is 10.2. The SMILES string of the molecule is COc1ccc(OCCN(CCBr)C2CCCC2)cc1. The smallest absolute Gasteiger partial charge is 0.119 e. The fourth-order valence-electron chi connectivity index (χ4n) is 2.81. The summed E-state index contributed by atoms with van der Waals surface area (Å²) in [4.78, 5) is 2.56. The number of ether oxygens (including phenoxy) is 2. The summed E-state index contributed by atoms with van der Waals surface area (Å²) in [5.41, 5.74) is 0. The van der Waals surface area contributed by atoms with Crippen molar-refractivity contribution < 1.29 is 9.47 Å². The van der Waals surface area contributed by atoms with Gasteiger partial charge in [0, 0.05) is 24.5 Å². The highest BCUT2D eigenvalue weighted by Crippen LogP contribution is 2.23. The molecule has 0 amide bonds. The van der Waals surface area contributed by atoms with Gasteiger partial charge >= 0.3 is 0 Å². The van der Waals surface area contributed by atoms with Crippen LogP contribution < -0.4 is 9.47 Å². The van der Waals surface area contributed by atoms with Crippen LogP contribution in [-0.2, 0) is 0 Å². The quantitative estimate of drug-likeness (QED) is 0.672. The second-order valence-electron chi connectivity index (χ2n) is 5.19. The van der Waals surface area contributed by atoms with E-state index in [0.717, 1.165) is 42.6 Å². The summed E-state index contributed by atoms with van der Waals surface area (Å²) < 4.78 is 11.0. The Morgan fingerprint density at radius 1 is 1.10 bits per heavy atom. The van der Waals surface area contributed by atoms with Gasteiger partial charge in [-0.25, -0.2) is 0 Å². The Labute approximate surface area is 130 Å². The molecule has 0 saturated heterocycles. The first-order valence-electron chi connectivity index (χ1n) is 7.40. The largest absolute Gasteiger partial charge is 0.497 e. The van der Waals surface area contributed by atoms with Gasteiger partial charge in [0.15, 0.2) is 0 Å². The summed E-state index contributed by atoms with van der Waals surface area (Å²) in [7, 11) is 1.68. The van der Waals surface area contributed by atoms with E-state index < -0.39 is 0 Å². The first-order chi connectivity index (χ1) is 9.83. The summed E-state index contributed by atoms with van der Waals surface area (Å²) >= 11 is 3.55. The zero-order chi connectivity index (χ0) is 14.2. The van der Waals surface area contributed by atoms with Crippen molar-refractivity contribution >= 4 is 15.9 Å². The molecule has 1 aromatic rings. The number of hydrogen-bond donors (Lipinski definition) is 0. The maximum absolute atomic E-state index is 5.83. The normalized spacial score (nSPS) is 15.8. The zero-order valence-electron chi connectivity index (χ0n) is 12.2. The second-order valence-corrected chi connectivity index (χ2v) is 5.98. The zero-order valence-corrected chi connectivity index (χ0v) is 13.8. The van der Waals surface area contributed by atoms with Gasteiger partial charge in [0.2, 0.25) is 0 Å². The van der Waals surface area contributed by atoms with Crippen LogP contribution >= 0.6 is 15.9 Å². The van der Waals surface area contributed by atoms with E-state index in [1.165, 1.54) is 25.7 Å². The van der Waals surface area contributed by atoms with Gasteiger partial charge in [0.25, 0.3) is 0 Å². The highest BCUT2D eigenvalue weighted by molar-refractivity contribution is 9.09. The molecule has 0 heterocycles. The van der Waals surface area contributed by atoms with Crippen molar-refractivity contribution in [1.82, 2.24) is 4.90 Å². The molecule has 0 spiro atoms. The molecule has 0 bridgehead atoms. The number of hydrogen-bond acceptors (Lipinski definition) is 3. The summed E-state index contributed by atoms with van der Waals surface area (Å²) in [5.74, 6) is 1.78. The number of rotatable bonds is 8. The molecule has 1 aliphatic rings. The summed E-state index contributed by atoms with van der Waals surface area (Å²) in [6, 6.07) is 8.55. The molecule has 20 heavy (non-hydrogen) atoms. The number of alkyl halides is 1. The molecule has 1 aliphatic carbocycles. The van der Waals surface area contributed by atoms with E-state index >= 15 is 0 Å². The lowest BCUT2D eigenvalue weighted by Crippen LogP contribution is -2.37. The Balaban J connectivity index is 1.76. The van der Waals surface area contributed by atoms with E-state index in [-0.39, 0.29) is 0 Å². The van der Waals surface area contributed by atoms with Gasteiger partial charge in [0.05, 0.1) is 7.11 Å². The van der Waals surface area contributed by atoms with Gasteiger partial charge < -0.3 is 9.47 Å². The van der Waals surface area contributed by atoms with Gasteiger partial charge in [0.1, 0.15) is 18.1 Å². The summed E-state index contributed by atoms with van der Waals surface area (Å²) in [5, 5.41) is 1.03. The molecular formula is C16H24BrNO2. The van der Waals surface area contributed by atoms with Crippen LogP contribution in [0.1, 0.15) is 25.7 Å². The standard InChI is InChI=1S/C16H24BrNO2/c1-19-15-6-8-16(9-7-15)20-13-12-18(11-10-17)14-4-2-3-5-14/h6-9,14H,2-5,10-13H2,1H3.